The lowest BCUT2D eigenvalue weighted by Gasteiger charge is -1.91. The highest BCUT2D eigenvalue weighted by Crippen LogP contribution is 2.23. The second-order valence-corrected chi connectivity index (χ2v) is 1.98. The van der Waals surface area contributed by atoms with Crippen molar-refractivity contribution in [2.45, 2.75) is 0 Å². The number of para-hydroxylation sites is 2. The molecule has 1 rings (SSSR count). The van der Waals surface area contributed by atoms with Crippen molar-refractivity contribution in [2.24, 2.45) is 0 Å². The van der Waals surface area contributed by atoms with Crippen LogP contribution in [0.1, 0.15) is 0 Å². The SMILES string of the molecule is O=[N+]([O-])O.O=[N+]([O-])c1ccccc1O. The van der Waals surface area contributed by atoms with Crippen LogP contribution in [0.15, 0.2) is 24.3 Å². The molecule has 0 saturated heterocycles. The molecule has 0 atom stereocenters. The number of hydrogen-bond donors (Lipinski definition) is 2. The molecule has 0 bridgehead atoms. The molecule has 0 spiro atoms. The molecule has 14 heavy (non-hydrogen) atoms. The molecular formula is C6H6N2O6. The van der Waals surface area contributed by atoms with Crippen molar-refractivity contribution in [1.82, 2.24) is 0 Å². The minimum Gasteiger partial charge on any atom is -0.502 e. The molecule has 0 unspecified atom stereocenters. The van der Waals surface area contributed by atoms with Crippen LogP contribution in [-0.4, -0.2) is 20.3 Å². The van der Waals surface area contributed by atoms with E-state index >= 15 is 0 Å². The summed E-state index contributed by atoms with van der Waals surface area (Å²) in [7, 11) is 0. The van der Waals surface area contributed by atoms with Gasteiger partial charge in [-0.05, 0) is 6.07 Å². The Kier molecular flexibility index (Phi) is 4.40. The van der Waals surface area contributed by atoms with Gasteiger partial charge in [-0.15, -0.1) is 10.1 Å². The minimum absolute atomic E-state index is 0.262. The predicted molar refractivity (Wildman–Crippen MR) is 43.5 cm³/mol. The van der Waals surface area contributed by atoms with Crippen molar-refractivity contribution in [2.75, 3.05) is 0 Å². The lowest BCUT2D eigenvalue weighted by Crippen LogP contribution is -1.86. The van der Waals surface area contributed by atoms with E-state index in [0.717, 1.165) is 0 Å². The molecule has 0 aliphatic heterocycles. The van der Waals surface area contributed by atoms with Crippen LogP contribution in [-0.2, 0) is 0 Å². The van der Waals surface area contributed by atoms with E-state index < -0.39 is 10.0 Å². The Morgan fingerprint density at radius 3 is 1.86 bits per heavy atom. The zero-order chi connectivity index (χ0) is 11.1. The van der Waals surface area contributed by atoms with Crippen LogP contribution in [0.3, 0.4) is 0 Å². The summed E-state index contributed by atoms with van der Waals surface area (Å²) in [6, 6.07) is 5.55. The van der Waals surface area contributed by atoms with E-state index in [2.05, 4.69) is 0 Å². The van der Waals surface area contributed by atoms with Gasteiger partial charge in [-0.1, -0.05) is 12.1 Å². The summed E-state index contributed by atoms with van der Waals surface area (Å²) >= 11 is 0. The van der Waals surface area contributed by atoms with Gasteiger partial charge < -0.3 is 10.3 Å². The monoisotopic (exact) mass is 202 g/mol. The largest absolute Gasteiger partial charge is 0.502 e. The van der Waals surface area contributed by atoms with E-state index in [4.69, 9.17) is 20.4 Å². The van der Waals surface area contributed by atoms with Gasteiger partial charge in [0, 0.05) is 6.07 Å². The Labute approximate surface area is 77.3 Å². The minimum atomic E-state index is -1.50. The fourth-order valence-electron chi connectivity index (χ4n) is 0.619. The van der Waals surface area contributed by atoms with E-state index in [9.17, 15) is 10.1 Å². The Hall–Kier alpha value is -2.38. The van der Waals surface area contributed by atoms with Crippen molar-refractivity contribution >= 4 is 5.69 Å². The maximum absolute atomic E-state index is 10.1. The van der Waals surface area contributed by atoms with Gasteiger partial charge in [-0.3, -0.25) is 10.1 Å². The molecule has 0 amide bonds. The van der Waals surface area contributed by atoms with Crippen LogP contribution in [0.2, 0.25) is 0 Å². The first-order chi connectivity index (χ1) is 6.45. The van der Waals surface area contributed by atoms with Crippen LogP contribution in [0, 0.1) is 20.2 Å². The summed E-state index contributed by atoms with van der Waals surface area (Å²) in [6.07, 6.45) is 0. The molecule has 8 heteroatoms. The molecule has 0 aromatic heterocycles. The molecule has 1 aromatic rings. The first-order valence-electron chi connectivity index (χ1n) is 3.20. The summed E-state index contributed by atoms with van der Waals surface area (Å²) in [6.45, 7) is 0. The molecule has 76 valence electrons. The Morgan fingerprint density at radius 1 is 1.14 bits per heavy atom. The quantitative estimate of drug-likeness (QED) is 0.515. The fraction of sp³-hybridized carbons (Fsp3) is 0. The second kappa shape index (κ2) is 5.30. The highest BCUT2D eigenvalue weighted by molar-refractivity contribution is 5.44. The molecule has 0 saturated carbocycles. The number of aromatic hydroxyl groups is 1. The molecule has 8 nitrogen and oxygen atoms in total. The predicted octanol–water partition coefficient (Wildman–Crippen LogP) is 0.953. The van der Waals surface area contributed by atoms with E-state index in [1.165, 1.54) is 24.3 Å². The molecule has 0 fully saturated rings. The summed E-state index contributed by atoms with van der Waals surface area (Å²) in [5, 5.41) is 32.5. The number of rotatable bonds is 1. The molecule has 2 N–H and O–H groups in total. The van der Waals surface area contributed by atoms with Gasteiger partial charge in [0.1, 0.15) is 0 Å². The van der Waals surface area contributed by atoms with Gasteiger partial charge in [0.05, 0.1) is 4.92 Å². The lowest BCUT2D eigenvalue weighted by molar-refractivity contribution is -0.742. The zero-order valence-corrected chi connectivity index (χ0v) is 6.73. The van der Waals surface area contributed by atoms with E-state index in [1.807, 2.05) is 0 Å². The Bertz CT molecular complexity index is 335. The first kappa shape index (κ1) is 11.6. The normalized spacial score (nSPS) is 8.29. The highest BCUT2D eigenvalue weighted by Gasteiger charge is 2.09. The third-order valence-corrected chi connectivity index (χ3v) is 1.08. The maximum Gasteiger partial charge on any atom is 0.310 e. The summed E-state index contributed by atoms with van der Waals surface area (Å²) < 4.78 is 0. The highest BCUT2D eigenvalue weighted by atomic mass is 16.9. The third-order valence-electron chi connectivity index (χ3n) is 1.08. The number of phenols is 1. The molecular weight excluding hydrogens is 196 g/mol. The van der Waals surface area contributed by atoms with Crippen LogP contribution in [0.5, 0.6) is 5.75 Å². The molecule has 0 aliphatic rings. The third kappa shape index (κ3) is 4.49. The average Bonchev–Trinajstić information content (AvgIpc) is 2.03. The van der Waals surface area contributed by atoms with Crippen LogP contribution in [0.4, 0.5) is 5.69 Å². The van der Waals surface area contributed by atoms with E-state index in [0.29, 0.717) is 0 Å². The van der Waals surface area contributed by atoms with Crippen LogP contribution < -0.4 is 0 Å². The molecule has 1 aromatic carbocycles. The second-order valence-electron chi connectivity index (χ2n) is 1.98. The van der Waals surface area contributed by atoms with Gasteiger partial charge in [-0.25, -0.2) is 0 Å². The Morgan fingerprint density at radius 2 is 1.57 bits per heavy atom. The number of benzene rings is 1. The zero-order valence-electron chi connectivity index (χ0n) is 6.73. The number of phenolic OH excluding ortho intramolecular Hbond substituents is 1. The summed E-state index contributed by atoms with van der Waals surface area (Å²) in [5.41, 5.74) is -0.262. The maximum atomic E-state index is 10.1. The van der Waals surface area contributed by atoms with E-state index in [1.54, 1.807) is 0 Å². The van der Waals surface area contributed by atoms with Crippen molar-refractivity contribution in [3.63, 3.8) is 0 Å². The number of hydrogen-bond acceptors (Lipinski definition) is 5. The fourth-order valence-corrected chi connectivity index (χ4v) is 0.619. The molecule has 0 aliphatic carbocycles. The van der Waals surface area contributed by atoms with Gasteiger partial charge in [0.15, 0.2) is 5.75 Å². The van der Waals surface area contributed by atoms with Crippen molar-refractivity contribution in [3.05, 3.63) is 44.5 Å². The Balaban J connectivity index is 0.000000364. The van der Waals surface area contributed by atoms with Gasteiger partial charge in [0.25, 0.3) is 5.09 Å². The summed E-state index contributed by atoms with van der Waals surface area (Å²) in [5.74, 6) is -0.299. The van der Waals surface area contributed by atoms with Crippen LogP contribution >= 0.6 is 0 Å². The average molecular weight is 202 g/mol. The van der Waals surface area contributed by atoms with Crippen molar-refractivity contribution in [1.29, 1.82) is 0 Å². The number of nitro benzene ring substituents is 1. The summed E-state index contributed by atoms with van der Waals surface area (Å²) in [4.78, 5) is 17.8. The molecule has 0 heterocycles. The number of nitrogens with zero attached hydrogens (tertiary/aromatic N) is 2. The van der Waals surface area contributed by atoms with Crippen molar-refractivity contribution < 1.29 is 20.3 Å². The van der Waals surface area contributed by atoms with Gasteiger partial charge in [0.2, 0.25) is 0 Å². The van der Waals surface area contributed by atoms with Crippen LogP contribution in [0.25, 0.3) is 0 Å². The molecule has 0 radical (unpaired) electrons. The van der Waals surface area contributed by atoms with Gasteiger partial charge >= 0.3 is 5.69 Å². The topological polar surface area (TPSA) is 127 Å². The number of nitro groups is 1. The van der Waals surface area contributed by atoms with Crippen molar-refractivity contribution in [3.8, 4) is 5.75 Å². The first-order valence-corrected chi connectivity index (χ1v) is 3.20. The lowest BCUT2D eigenvalue weighted by atomic mass is 10.3. The van der Waals surface area contributed by atoms with E-state index in [-0.39, 0.29) is 11.4 Å². The van der Waals surface area contributed by atoms with Gasteiger partial charge in [-0.2, -0.15) is 0 Å². The smallest absolute Gasteiger partial charge is 0.310 e. The standard InChI is InChI=1S/C6H5NO3.HNO3/c8-6-4-2-1-3-5(6)7(9)10;2-1(3)4/h1-4,8H;(H,2,3,4).